The van der Waals surface area contributed by atoms with Crippen molar-refractivity contribution in [3.8, 4) is 0 Å². The van der Waals surface area contributed by atoms with Crippen molar-refractivity contribution in [1.29, 1.82) is 0 Å². The molecule has 6 heteroatoms. The largest absolute Gasteiger partial charge is 0.463 e. The van der Waals surface area contributed by atoms with Crippen LogP contribution in [0.25, 0.3) is 0 Å². The molecule has 2 rings (SSSR count). The maximum Gasteiger partial charge on any atom is 0.334 e. The fraction of sp³-hybridized carbons (Fsp3) is 0.692. The van der Waals surface area contributed by atoms with E-state index in [1.165, 1.54) is 6.08 Å². The van der Waals surface area contributed by atoms with Crippen LogP contribution in [0.15, 0.2) is 11.8 Å². The van der Waals surface area contributed by atoms with Gasteiger partial charge in [0.05, 0.1) is 37.7 Å². The standard InChI is InChI=1S/C13H18O6/c1-4-16-11(14)6-9-8(5-12(15)18-9)10-7-17-13(2,3)19-10/h6,8,10H,4-5,7H2,1-3H3/b9-6-/t8-,10+/m0/s1. The van der Waals surface area contributed by atoms with E-state index in [0.717, 1.165) is 0 Å². The van der Waals surface area contributed by atoms with Gasteiger partial charge in [-0.1, -0.05) is 0 Å². The third-order valence-electron chi connectivity index (χ3n) is 3.01. The van der Waals surface area contributed by atoms with Crippen molar-refractivity contribution in [2.45, 2.75) is 39.1 Å². The van der Waals surface area contributed by atoms with Gasteiger partial charge in [0.2, 0.25) is 0 Å². The number of ether oxygens (including phenoxy) is 4. The Bertz CT molecular complexity index is 411. The highest BCUT2D eigenvalue weighted by atomic mass is 16.7. The second-order valence-electron chi connectivity index (χ2n) is 4.95. The fourth-order valence-corrected chi connectivity index (χ4v) is 2.19. The molecule has 2 aliphatic heterocycles. The molecule has 0 aliphatic carbocycles. The van der Waals surface area contributed by atoms with E-state index in [2.05, 4.69) is 0 Å². The minimum Gasteiger partial charge on any atom is -0.463 e. The second-order valence-corrected chi connectivity index (χ2v) is 4.95. The van der Waals surface area contributed by atoms with Crippen LogP contribution in [0.1, 0.15) is 27.2 Å². The molecule has 106 valence electrons. The zero-order valence-electron chi connectivity index (χ0n) is 11.3. The average molecular weight is 270 g/mol. The fourth-order valence-electron chi connectivity index (χ4n) is 2.19. The van der Waals surface area contributed by atoms with Crippen LogP contribution in [0.2, 0.25) is 0 Å². The molecule has 2 atom stereocenters. The lowest BCUT2D eigenvalue weighted by Gasteiger charge is -2.19. The summed E-state index contributed by atoms with van der Waals surface area (Å²) in [6, 6.07) is 0. The molecule has 2 fully saturated rings. The molecule has 0 saturated carbocycles. The highest BCUT2D eigenvalue weighted by Gasteiger charge is 2.44. The lowest BCUT2D eigenvalue weighted by atomic mass is 9.98. The third kappa shape index (κ3) is 3.33. The summed E-state index contributed by atoms with van der Waals surface area (Å²) in [5.74, 6) is -1.55. The molecule has 0 amide bonds. The molecule has 0 unspecified atom stereocenters. The van der Waals surface area contributed by atoms with Crippen LogP contribution < -0.4 is 0 Å². The Morgan fingerprint density at radius 3 is 2.84 bits per heavy atom. The van der Waals surface area contributed by atoms with Crippen LogP contribution in [0.4, 0.5) is 0 Å². The summed E-state index contributed by atoms with van der Waals surface area (Å²) in [4.78, 5) is 22.8. The summed E-state index contributed by atoms with van der Waals surface area (Å²) in [5.41, 5.74) is 0. The van der Waals surface area contributed by atoms with Gasteiger partial charge in [-0.05, 0) is 20.8 Å². The molecule has 0 radical (unpaired) electrons. The Balaban J connectivity index is 2.10. The van der Waals surface area contributed by atoms with Gasteiger partial charge >= 0.3 is 11.9 Å². The van der Waals surface area contributed by atoms with E-state index in [0.29, 0.717) is 12.4 Å². The first kappa shape index (κ1) is 14.0. The van der Waals surface area contributed by atoms with Crippen molar-refractivity contribution < 1.29 is 28.5 Å². The Morgan fingerprint density at radius 1 is 1.53 bits per heavy atom. The van der Waals surface area contributed by atoms with Gasteiger partial charge in [-0.15, -0.1) is 0 Å². The molecule has 2 aliphatic rings. The SMILES string of the molecule is CCOC(=O)/C=C1\OC(=O)C[C@@H]1[C@H]1COC(C)(C)O1. The average Bonchev–Trinajstić information content (AvgIpc) is 2.82. The maximum atomic E-state index is 11.4. The Kier molecular flexibility index (Phi) is 3.91. The van der Waals surface area contributed by atoms with Gasteiger partial charge in [0.1, 0.15) is 5.76 Å². The van der Waals surface area contributed by atoms with Gasteiger partial charge in [0, 0.05) is 0 Å². The zero-order chi connectivity index (χ0) is 14.0. The molecule has 6 nitrogen and oxygen atoms in total. The lowest BCUT2D eigenvalue weighted by Crippen LogP contribution is -2.26. The van der Waals surface area contributed by atoms with Crippen LogP contribution >= 0.6 is 0 Å². The van der Waals surface area contributed by atoms with E-state index < -0.39 is 11.8 Å². The van der Waals surface area contributed by atoms with Crippen molar-refractivity contribution in [3.05, 3.63) is 11.8 Å². The molecule has 0 spiro atoms. The summed E-state index contributed by atoms with van der Waals surface area (Å²) >= 11 is 0. The molecule has 19 heavy (non-hydrogen) atoms. The summed E-state index contributed by atoms with van der Waals surface area (Å²) in [6.07, 6.45) is 1.12. The molecular weight excluding hydrogens is 252 g/mol. The first-order chi connectivity index (χ1) is 8.91. The Hall–Kier alpha value is -1.40. The van der Waals surface area contributed by atoms with E-state index >= 15 is 0 Å². The van der Waals surface area contributed by atoms with Gasteiger partial charge in [-0.25, -0.2) is 4.79 Å². The summed E-state index contributed by atoms with van der Waals surface area (Å²) in [7, 11) is 0. The van der Waals surface area contributed by atoms with Gasteiger partial charge < -0.3 is 18.9 Å². The number of rotatable bonds is 3. The van der Waals surface area contributed by atoms with Crippen molar-refractivity contribution in [3.63, 3.8) is 0 Å². The summed E-state index contributed by atoms with van der Waals surface area (Å²) < 4.78 is 21.0. The highest BCUT2D eigenvalue weighted by molar-refractivity contribution is 5.84. The van der Waals surface area contributed by atoms with E-state index in [4.69, 9.17) is 18.9 Å². The molecular formula is C13H18O6. The van der Waals surface area contributed by atoms with Gasteiger partial charge in [0.25, 0.3) is 0 Å². The van der Waals surface area contributed by atoms with Crippen LogP contribution in [0, 0.1) is 5.92 Å². The summed E-state index contributed by atoms with van der Waals surface area (Å²) in [5, 5.41) is 0. The van der Waals surface area contributed by atoms with Gasteiger partial charge in [0.15, 0.2) is 5.79 Å². The second kappa shape index (κ2) is 5.30. The first-order valence-electron chi connectivity index (χ1n) is 6.32. The van der Waals surface area contributed by atoms with Crippen molar-refractivity contribution in [2.24, 2.45) is 5.92 Å². The minimum absolute atomic E-state index is 0.190. The molecule has 2 heterocycles. The molecule has 0 aromatic carbocycles. The molecule has 2 saturated heterocycles. The monoisotopic (exact) mass is 270 g/mol. The smallest absolute Gasteiger partial charge is 0.334 e. The van der Waals surface area contributed by atoms with Gasteiger partial charge in [-0.3, -0.25) is 4.79 Å². The van der Waals surface area contributed by atoms with Crippen LogP contribution in [0.3, 0.4) is 0 Å². The quantitative estimate of drug-likeness (QED) is 0.566. The first-order valence-corrected chi connectivity index (χ1v) is 6.32. The number of carbonyl (C=O) groups excluding carboxylic acids is 2. The lowest BCUT2D eigenvalue weighted by molar-refractivity contribution is -0.143. The number of hydrogen-bond donors (Lipinski definition) is 0. The number of cyclic esters (lactones) is 1. The molecule has 0 N–H and O–H groups in total. The van der Waals surface area contributed by atoms with Gasteiger partial charge in [-0.2, -0.15) is 0 Å². The number of hydrogen-bond acceptors (Lipinski definition) is 6. The third-order valence-corrected chi connectivity index (χ3v) is 3.01. The van der Waals surface area contributed by atoms with Crippen LogP contribution in [-0.4, -0.2) is 37.0 Å². The van der Waals surface area contributed by atoms with Crippen molar-refractivity contribution >= 4 is 11.9 Å². The van der Waals surface area contributed by atoms with E-state index in [9.17, 15) is 9.59 Å². The highest BCUT2D eigenvalue weighted by Crippen LogP contribution is 2.36. The maximum absolute atomic E-state index is 11.4. The zero-order valence-corrected chi connectivity index (χ0v) is 11.3. The van der Waals surface area contributed by atoms with Crippen molar-refractivity contribution in [1.82, 2.24) is 0 Å². The molecule has 0 aromatic rings. The normalized spacial score (nSPS) is 31.5. The van der Waals surface area contributed by atoms with Crippen molar-refractivity contribution in [2.75, 3.05) is 13.2 Å². The van der Waals surface area contributed by atoms with E-state index in [-0.39, 0.29) is 31.0 Å². The molecule has 0 aromatic heterocycles. The Morgan fingerprint density at radius 2 is 2.26 bits per heavy atom. The number of carbonyl (C=O) groups is 2. The topological polar surface area (TPSA) is 71.1 Å². The summed E-state index contributed by atoms with van der Waals surface area (Å²) in [6.45, 7) is 5.97. The molecule has 0 bridgehead atoms. The predicted octanol–water partition coefficient (Wildman–Crippen LogP) is 1.15. The minimum atomic E-state index is -0.675. The Labute approximate surface area is 111 Å². The van der Waals surface area contributed by atoms with Crippen LogP contribution in [0.5, 0.6) is 0 Å². The van der Waals surface area contributed by atoms with E-state index in [1.54, 1.807) is 20.8 Å². The van der Waals surface area contributed by atoms with Crippen LogP contribution in [-0.2, 0) is 28.5 Å². The predicted molar refractivity (Wildman–Crippen MR) is 63.8 cm³/mol. The van der Waals surface area contributed by atoms with E-state index in [1.807, 2.05) is 0 Å². The number of esters is 2.